The predicted molar refractivity (Wildman–Crippen MR) is 186 cm³/mol. The van der Waals surface area contributed by atoms with E-state index < -0.39 is 28.5 Å². The molecule has 0 aromatic heterocycles. The normalized spacial score (nSPS) is 11.7. The number of benzene rings is 4. The van der Waals surface area contributed by atoms with Crippen molar-refractivity contribution >= 4 is 27.5 Å². The van der Waals surface area contributed by atoms with E-state index in [1.165, 1.54) is 37.3 Å². The van der Waals surface area contributed by atoms with E-state index in [0.29, 0.717) is 24.7 Å². The van der Waals surface area contributed by atoms with Crippen molar-refractivity contribution in [3.05, 3.63) is 114 Å². The maximum absolute atomic E-state index is 14.6. The molecule has 0 bridgehead atoms. The van der Waals surface area contributed by atoms with Gasteiger partial charge in [0, 0.05) is 25.6 Å². The minimum atomic E-state index is -4.35. The zero-order chi connectivity index (χ0) is 34.7. The van der Waals surface area contributed by atoms with E-state index in [4.69, 9.17) is 14.2 Å². The summed E-state index contributed by atoms with van der Waals surface area (Å²) in [5.74, 6) is 0.241. The molecule has 4 aromatic carbocycles. The fraction of sp³-hybridized carbons (Fsp3) is 0.297. The third-order valence-corrected chi connectivity index (χ3v) is 9.65. The number of sulfonamides is 1. The van der Waals surface area contributed by atoms with Crippen molar-refractivity contribution in [2.75, 3.05) is 38.2 Å². The maximum atomic E-state index is 14.6. The van der Waals surface area contributed by atoms with Crippen molar-refractivity contribution in [2.24, 2.45) is 0 Å². The Balaban J connectivity index is 1.83. The number of aryl methyl sites for hydroxylation is 1. The Morgan fingerprint density at radius 2 is 1.50 bits per heavy atom. The van der Waals surface area contributed by atoms with E-state index in [2.05, 4.69) is 5.32 Å². The van der Waals surface area contributed by atoms with Crippen molar-refractivity contribution in [1.29, 1.82) is 0 Å². The summed E-state index contributed by atoms with van der Waals surface area (Å²) in [6.07, 6.45) is 0.232. The molecule has 0 radical (unpaired) electrons. The molecule has 4 rings (SSSR count). The number of nitrogens with zero attached hydrogens (tertiary/aromatic N) is 2. The first-order valence-electron chi connectivity index (χ1n) is 15.8. The highest BCUT2D eigenvalue weighted by Gasteiger charge is 2.35. The van der Waals surface area contributed by atoms with Crippen molar-refractivity contribution in [3.8, 4) is 17.2 Å². The van der Waals surface area contributed by atoms with Crippen molar-refractivity contribution in [1.82, 2.24) is 10.2 Å². The van der Waals surface area contributed by atoms with Gasteiger partial charge in [-0.2, -0.15) is 0 Å². The Bertz CT molecular complexity index is 1780. The Kier molecular flexibility index (Phi) is 12.5. The van der Waals surface area contributed by atoms with Crippen LogP contribution in [0.25, 0.3) is 0 Å². The Hall–Kier alpha value is -5.03. The molecule has 0 fully saturated rings. The molecule has 4 aromatic rings. The molecule has 48 heavy (non-hydrogen) atoms. The second kappa shape index (κ2) is 16.7. The van der Waals surface area contributed by atoms with Gasteiger partial charge in [0.2, 0.25) is 11.8 Å². The fourth-order valence-corrected chi connectivity index (χ4v) is 6.76. The highest BCUT2D eigenvalue weighted by atomic mass is 32.2. The number of carbonyl (C=O) groups is 2. The van der Waals surface area contributed by atoms with Gasteiger partial charge in [0.15, 0.2) is 11.5 Å². The Labute approximate surface area is 283 Å². The second-order valence-corrected chi connectivity index (χ2v) is 12.9. The summed E-state index contributed by atoms with van der Waals surface area (Å²) in [5.41, 5.74) is 2.88. The third kappa shape index (κ3) is 8.65. The minimum Gasteiger partial charge on any atom is -0.494 e. The van der Waals surface area contributed by atoms with E-state index in [-0.39, 0.29) is 35.2 Å². The Morgan fingerprint density at radius 1 is 0.833 bits per heavy atom. The average molecular weight is 674 g/mol. The molecule has 0 saturated carbocycles. The average Bonchev–Trinajstić information content (AvgIpc) is 3.10. The predicted octanol–water partition coefficient (Wildman–Crippen LogP) is 5.38. The van der Waals surface area contributed by atoms with Crippen LogP contribution in [0.15, 0.2) is 102 Å². The van der Waals surface area contributed by atoms with E-state index in [1.807, 2.05) is 75.4 Å². The number of anilines is 1. The first-order chi connectivity index (χ1) is 23.1. The molecular weight excluding hydrogens is 630 g/mol. The smallest absolute Gasteiger partial charge is 0.264 e. The molecule has 1 unspecified atom stereocenters. The number of carbonyl (C=O) groups excluding carboxylic acids is 2. The van der Waals surface area contributed by atoms with E-state index in [9.17, 15) is 18.0 Å². The zero-order valence-corrected chi connectivity index (χ0v) is 28.8. The summed E-state index contributed by atoms with van der Waals surface area (Å²) in [6, 6.07) is 26.9. The topological polar surface area (TPSA) is 114 Å². The van der Waals surface area contributed by atoms with E-state index in [1.54, 1.807) is 24.3 Å². The van der Waals surface area contributed by atoms with Gasteiger partial charge in [-0.25, -0.2) is 8.42 Å². The molecule has 11 heteroatoms. The van der Waals surface area contributed by atoms with Crippen LogP contribution in [0.2, 0.25) is 0 Å². The van der Waals surface area contributed by atoms with E-state index >= 15 is 0 Å². The SMILES string of the molecule is CCNC(=O)C(Cc1ccccc1)N(Cc1ccccc1C)C(=O)CN(c1ccc(OCC)cc1)S(=O)(=O)c1ccc(OC)c(OC)c1. The van der Waals surface area contributed by atoms with Crippen LogP contribution in [0, 0.1) is 6.92 Å². The lowest BCUT2D eigenvalue weighted by atomic mass is 10.0. The summed E-state index contributed by atoms with van der Waals surface area (Å²) in [4.78, 5) is 29.7. The molecule has 2 amide bonds. The van der Waals surface area contributed by atoms with Crippen LogP contribution >= 0.6 is 0 Å². The van der Waals surface area contributed by atoms with Crippen LogP contribution in [-0.2, 0) is 32.6 Å². The van der Waals surface area contributed by atoms with Gasteiger partial charge in [-0.15, -0.1) is 0 Å². The quantitative estimate of drug-likeness (QED) is 0.170. The van der Waals surface area contributed by atoms with Gasteiger partial charge < -0.3 is 24.4 Å². The van der Waals surface area contributed by atoms with Gasteiger partial charge in [-0.1, -0.05) is 54.6 Å². The number of methoxy groups -OCH3 is 2. The monoisotopic (exact) mass is 673 g/mol. The number of hydrogen-bond acceptors (Lipinski definition) is 7. The molecule has 0 aliphatic heterocycles. The lowest BCUT2D eigenvalue weighted by molar-refractivity contribution is -0.140. The molecule has 10 nitrogen and oxygen atoms in total. The number of ether oxygens (including phenoxy) is 3. The van der Waals surface area contributed by atoms with Gasteiger partial charge in [-0.05, 0) is 73.9 Å². The van der Waals surface area contributed by atoms with Gasteiger partial charge in [0.05, 0.1) is 31.4 Å². The van der Waals surface area contributed by atoms with Crippen LogP contribution in [0.5, 0.6) is 17.2 Å². The van der Waals surface area contributed by atoms with Crippen LogP contribution in [-0.4, -0.2) is 65.1 Å². The highest BCUT2D eigenvalue weighted by molar-refractivity contribution is 7.92. The molecule has 0 spiro atoms. The third-order valence-electron chi connectivity index (χ3n) is 7.88. The van der Waals surface area contributed by atoms with Crippen LogP contribution in [0.1, 0.15) is 30.5 Å². The number of rotatable bonds is 16. The summed E-state index contributed by atoms with van der Waals surface area (Å²) in [5, 5.41) is 2.88. The van der Waals surface area contributed by atoms with Crippen LogP contribution in [0.3, 0.4) is 0 Å². The number of likely N-dealkylation sites (N-methyl/N-ethyl adjacent to an activating group) is 1. The summed E-state index contributed by atoms with van der Waals surface area (Å²) >= 11 is 0. The number of amides is 2. The number of hydrogen-bond donors (Lipinski definition) is 1. The summed E-state index contributed by atoms with van der Waals surface area (Å²) in [7, 11) is -1.48. The molecule has 1 atom stereocenters. The number of nitrogens with one attached hydrogen (secondary N) is 1. The van der Waals surface area contributed by atoms with Crippen molar-refractivity contribution < 1.29 is 32.2 Å². The molecule has 0 saturated heterocycles. The summed E-state index contributed by atoms with van der Waals surface area (Å²) < 4.78 is 46.2. The highest BCUT2D eigenvalue weighted by Crippen LogP contribution is 2.33. The standard InChI is InChI=1S/C37H43N3O7S/c1-6-38-37(42)33(23-28-14-9-8-10-15-28)39(25-29-16-12-11-13-27(29)3)36(41)26-40(30-17-19-31(20-18-30)47-7-2)48(43,44)32-21-22-34(45-4)35(24-32)46-5/h8-22,24,33H,6-7,23,25-26H2,1-5H3,(H,38,42). The molecular formula is C37H43N3O7S. The van der Waals surface area contributed by atoms with Crippen LogP contribution < -0.4 is 23.8 Å². The lowest BCUT2D eigenvalue weighted by Gasteiger charge is -2.34. The van der Waals surface area contributed by atoms with Crippen molar-refractivity contribution in [3.63, 3.8) is 0 Å². The van der Waals surface area contributed by atoms with Crippen LogP contribution in [0.4, 0.5) is 5.69 Å². The minimum absolute atomic E-state index is 0.0909. The van der Waals surface area contributed by atoms with Gasteiger partial charge in [0.1, 0.15) is 18.3 Å². The van der Waals surface area contributed by atoms with Gasteiger partial charge in [0.25, 0.3) is 10.0 Å². The Morgan fingerprint density at radius 3 is 2.12 bits per heavy atom. The first-order valence-corrected chi connectivity index (χ1v) is 17.2. The van der Waals surface area contributed by atoms with Crippen molar-refractivity contribution in [2.45, 2.75) is 44.7 Å². The first kappa shape index (κ1) is 35.8. The lowest BCUT2D eigenvalue weighted by Crippen LogP contribution is -2.53. The zero-order valence-electron chi connectivity index (χ0n) is 28.0. The fourth-order valence-electron chi connectivity index (χ4n) is 5.33. The maximum Gasteiger partial charge on any atom is 0.264 e. The molecule has 1 N–H and O–H groups in total. The second-order valence-electron chi connectivity index (χ2n) is 11.0. The molecule has 0 heterocycles. The van der Waals surface area contributed by atoms with E-state index in [0.717, 1.165) is 21.0 Å². The largest absolute Gasteiger partial charge is 0.494 e. The molecule has 0 aliphatic carbocycles. The molecule has 0 aliphatic rings. The van der Waals surface area contributed by atoms with Gasteiger partial charge in [-0.3, -0.25) is 13.9 Å². The van der Waals surface area contributed by atoms with Gasteiger partial charge >= 0.3 is 0 Å². The molecule has 254 valence electrons. The summed E-state index contributed by atoms with van der Waals surface area (Å²) in [6.45, 7) is 5.90.